The Morgan fingerprint density at radius 2 is 1.84 bits per heavy atom. The van der Waals surface area contributed by atoms with Crippen LogP contribution >= 0.6 is 11.8 Å². The molecular formula is C20H22N2O2S. The SMILES string of the molecule is CCN(Cc1ccccc1)C(=O)CNC(=O)C1Cc2ccccc2S1. The number of carbonyl (C=O) groups excluding carboxylic acids is 2. The molecule has 5 heteroatoms. The quantitative estimate of drug-likeness (QED) is 0.868. The number of thioether (sulfide) groups is 1. The first-order valence-corrected chi connectivity index (χ1v) is 9.39. The van der Waals surface area contributed by atoms with E-state index in [0.717, 1.165) is 16.9 Å². The molecule has 0 saturated carbocycles. The van der Waals surface area contributed by atoms with Gasteiger partial charge in [-0.3, -0.25) is 9.59 Å². The summed E-state index contributed by atoms with van der Waals surface area (Å²) in [6.07, 6.45) is 0.725. The summed E-state index contributed by atoms with van der Waals surface area (Å²) in [6, 6.07) is 18.0. The van der Waals surface area contributed by atoms with E-state index in [1.165, 1.54) is 5.56 Å². The van der Waals surface area contributed by atoms with Crippen LogP contribution in [0.15, 0.2) is 59.5 Å². The van der Waals surface area contributed by atoms with Gasteiger partial charge in [0.15, 0.2) is 0 Å². The van der Waals surface area contributed by atoms with E-state index in [9.17, 15) is 9.59 Å². The van der Waals surface area contributed by atoms with E-state index >= 15 is 0 Å². The van der Waals surface area contributed by atoms with Crippen LogP contribution in [0, 0.1) is 0 Å². The van der Waals surface area contributed by atoms with Crippen molar-refractivity contribution in [3.63, 3.8) is 0 Å². The molecule has 1 N–H and O–H groups in total. The summed E-state index contributed by atoms with van der Waals surface area (Å²) >= 11 is 1.58. The number of amides is 2. The fourth-order valence-electron chi connectivity index (χ4n) is 2.90. The summed E-state index contributed by atoms with van der Waals surface area (Å²) in [6.45, 7) is 3.18. The van der Waals surface area contributed by atoms with Gasteiger partial charge < -0.3 is 10.2 Å². The van der Waals surface area contributed by atoms with Gasteiger partial charge in [0.05, 0.1) is 11.8 Å². The van der Waals surface area contributed by atoms with E-state index in [1.54, 1.807) is 16.7 Å². The number of rotatable bonds is 6. The zero-order valence-electron chi connectivity index (χ0n) is 14.3. The standard InChI is InChI=1S/C20H22N2O2S/c1-2-22(14-15-8-4-3-5-9-15)19(23)13-21-20(24)18-12-16-10-6-7-11-17(16)25-18/h3-11,18H,2,12-14H2,1H3,(H,21,24). The highest BCUT2D eigenvalue weighted by atomic mass is 32.2. The molecule has 130 valence electrons. The predicted octanol–water partition coefficient (Wildman–Crippen LogP) is 2.87. The first-order valence-electron chi connectivity index (χ1n) is 8.51. The summed E-state index contributed by atoms with van der Waals surface area (Å²) in [5.74, 6) is -0.120. The fraction of sp³-hybridized carbons (Fsp3) is 0.300. The number of hydrogen-bond donors (Lipinski definition) is 1. The largest absolute Gasteiger partial charge is 0.346 e. The van der Waals surface area contributed by atoms with Crippen LogP contribution in [0.5, 0.6) is 0 Å². The van der Waals surface area contributed by atoms with Gasteiger partial charge >= 0.3 is 0 Å². The Morgan fingerprint density at radius 3 is 2.56 bits per heavy atom. The molecule has 2 aromatic rings. The van der Waals surface area contributed by atoms with Crippen LogP contribution in [0.1, 0.15) is 18.1 Å². The molecule has 1 heterocycles. The second-order valence-corrected chi connectivity index (χ2v) is 7.27. The molecule has 0 spiro atoms. The maximum Gasteiger partial charge on any atom is 0.242 e. The average Bonchev–Trinajstić information content (AvgIpc) is 3.09. The molecule has 0 saturated heterocycles. The first-order chi connectivity index (χ1) is 12.2. The molecule has 2 amide bonds. The lowest BCUT2D eigenvalue weighted by atomic mass is 10.1. The van der Waals surface area contributed by atoms with Crippen molar-refractivity contribution >= 4 is 23.6 Å². The van der Waals surface area contributed by atoms with Gasteiger partial charge in [0.2, 0.25) is 11.8 Å². The van der Waals surface area contributed by atoms with Crippen LogP contribution < -0.4 is 5.32 Å². The van der Waals surface area contributed by atoms with Crippen LogP contribution in [0.3, 0.4) is 0 Å². The average molecular weight is 354 g/mol. The molecule has 0 aliphatic carbocycles. The Kier molecular flexibility index (Phi) is 5.76. The summed E-state index contributed by atoms with van der Waals surface area (Å²) in [7, 11) is 0. The number of carbonyl (C=O) groups is 2. The summed E-state index contributed by atoms with van der Waals surface area (Å²) in [4.78, 5) is 27.7. The second-order valence-electron chi connectivity index (χ2n) is 6.03. The molecule has 0 aromatic heterocycles. The molecule has 2 aromatic carbocycles. The van der Waals surface area contributed by atoms with Gasteiger partial charge in [-0.1, -0.05) is 48.5 Å². The molecule has 4 nitrogen and oxygen atoms in total. The summed E-state index contributed by atoms with van der Waals surface area (Å²) < 4.78 is 0. The van der Waals surface area contributed by atoms with Crippen LogP contribution in [0.25, 0.3) is 0 Å². The number of hydrogen-bond acceptors (Lipinski definition) is 3. The van der Waals surface area contributed by atoms with Crippen molar-refractivity contribution < 1.29 is 9.59 Å². The Hall–Kier alpha value is -2.27. The molecule has 3 rings (SSSR count). The first kappa shape index (κ1) is 17.5. The fourth-order valence-corrected chi connectivity index (χ4v) is 4.12. The normalized spacial score (nSPS) is 15.5. The van der Waals surface area contributed by atoms with Gasteiger partial charge in [0.25, 0.3) is 0 Å². The Bertz CT molecular complexity index is 723. The smallest absolute Gasteiger partial charge is 0.242 e. The van der Waals surface area contributed by atoms with Crippen molar-refractivity contribution in [3.05, 3.63) is 65.7 Å². The molecule has 0 bridgehead atoms. The molecule has 1 aliphatic rings. The minimum atomic E-state index is -0.144. The lowest BCUT2D eigenvalue weighted by molar-refractivity contribution is -0.133. The molecular weight excluding hydrogens is 332 g/mol. The van der Waals surface area contributed by atoms with E-state index in [0.29, 0.717) is 13.1 Å². The lowest BCUT2D eigenvalue weighted by Crippen LogP contribution is -2.42. The van der Waals surface area contributed by atoms with Crippen molar-refractivity contribution in [2.45, 2.75) is 30.0 Å². The number of fused-ring (bicyclic) bond motifs is 1. The molecule has 1 aliphatic heterocycles. The maximum absolute atomic E-state index is 12.4. The molecule has 0 fully saturated rings. The number of nitrogens with zero attached hydrogens (tertiary/aromatic N) is 1. The van der Waals surface area contributed by atoms with Gasteiger partial charge in [-0.15, -0.1) is 11.8 Å². The highest BCUT2D eigenvalue weighted by Gasteiger charge is 2.28. The highest BCUT2D eigenvalue weighted by Crippen LogP contribution is 2.36. The van der Waals surface area contributed by atoms with E-state index in [2.05, 4.69) is 11.4 Å². The van der Waals surface area contributed by atoms with Gasteiger partial charge in [-0.25, -0.2) is 0 Å². The van der Waals surface area contributed by atoms with Crippen molar-refractivity contribution in [1.82, 2.24) is 10.2 Å². The molecule has 1 unspecified atom stereocenters. The minimum Gasteiger partial charge on any atom is -0.346 e. The van der Waals surface area contributed by atoms with Gasteiger partial charge in [-0.2, -0.15) is 0 Å². The Morgan fingerprint density at radius 1 is 1.12 bits per heavy atom. The zero-order chi connectivity index (χ0) is 17.6. The maximum atomic E-state index is 12.4. The van der Waals surface area contributed by atoms with Gasteiger partial charge in [-0.05, 0) is 30.5 Å². The Balaban J connectivity index is 1.50. The minimum absolute atomic E-state index is 0.0485. The van der Waals surface area contributed by atoms with Crippen LogP contribution in [-0.2, 0) is 22.6 Å². The third-order valence-corrected chi connectivity index (χ3v) is 5.62. The topological polar surface area (TPSA) is 49.4 Å². The van der Waals surface area contributed by atoms with E-state index in [1.807, 2.05) is 55.5 Å². The molecule has 0 radical (unpaired) electrons. The highest BCUT2D eigenvalue weighted by molar-refractivity contribution is 8.01. The third-order valence-electron chi connectivity index (χ3n) is 4.30. The van der Waals surface area contributed by atoms with E-state index in [-0.39, 0.29) is 23.6 Å². The molecule has 25 heavy (non-hydrogen) atoms. The van der Waals surface area contributed by atoms with Crippen LogP contribution in [0.4, 0.5) is 0 Å². The predicted molar refractivity (Wildman–Crippen MR) is 100 cm³/mol. The molecule has 1 atom stereocenters. The van der Waals surface area contributed by atoms with Crippen molar-refractivity contribution in [2.24, 2.45) is 0 Å². The van der Waals surface area contributed by atoms with Gasteiger partial charge in [0, 0.05) is 18.0 Å². The van der Waals surface area contributed by atoms with Crippen LogP contribution in [-0.4, -0.2) is 35.1 Å². The third kappa shape index (κ3) is 4.42. The summed E-state index contributed by atoms with van der Waals surface area (Å²) in [5, 5.41) is 2.66. The monoisotopic (exact) mass is 354 g/mol. The van der Waals surface area contributed by atoms with Crippen molar-refractivity contribution in [1.29, 1.82) is 0 Å². The number of likely N-dealkylation sites (N-methyl/N-ethyl adjacent to an activating group) is 1. The number of nitrogens with one attached hydrogen (secondary N) is 1. The van der Waals surface area contributed by atoms with Crippen molar-refractivity contribution in [3.8, 4) is 0 Å². The van der Waals surface area contributed by atoms with Crippen molar-refractivity contribution in [2.75, 3.05) is 13.1 Å². The number of benzene rings is 2. The van der Waals surface area contributed by atoms with Crippen LogP contribution in [0.2, 0.25) is 0 Å². The van der Waals surface area contributed by atoms with Gasteiger partial charge in [0.1, 0.15) is 0 Å². The second kappa shape index (κ2) is 8.21. The zero-order valence-corrected chi connectivity index (χ0v) is 15.1. The van der Waals surface area contributed by atoms with E-state index < -0.39 is 0 Å². The summed E-state index contributed by atoms with van der Waals surface area (Å²) in [5.41, 5.74) is 2.30. The lowest BCUT2D eigenvalue weighted by Gasteiger charge is -2.21. The Labute approximate surface area is 152 Å². The van der Waals surface area contributed by atoms with E-state index in [4.69, 9.17) is 0 Å².